The van der Waals surface area contributed by atoms with Crippen molar-refractivity contribution in [3.8, 4) is 5.75 Å². The first-order valence-corrected chi connectivity index (χ1v) is 11.4. The van der Waals surface area contributed by atoms with Crippen LogP contribution >= 0.6 is 11.6 Å². The summed E-state index contributed by atoms with van der Waals surface area (Å²) < 4.78 is 5.83. The van der Waals surface area contributed by atoms with Gasteiger partial charge < -0.3 is 19.6 Å². The average molecular weight is 471 g/mol. The van der Waals surface area contributed by atoms with Gasteiger partial charge in [-0.1, -0.05) is 37.6 Å². The number of benzene rings is 2. The Labute approximate surface area is 200 Å². The number of aliphatic hydroxyl groups is 1. The Kier molecular flexibility index (Phi) is 7.82. The number of rotatable bonds is 8. The van der Waals surface area contributed by atoms with Crippen LogP contribution in [0, 0.1) is 12.8 Å². The molecule has 0 unspecified atom stereocenters. The van der Waals surface area contributed by atoms with Crippen LogP contribution < -0.4 is 4.74 Å². The fourth-order valence-corrected chi connectivity index (χ4v) is 3.91. The van der Waals surface area contributed by atoms with Crippen molar-refractivity contribution >= 4 is 29.1 Å². The maximum Gasteiger partial charge on any atom is 0.295 e. The zero-order valence-electron chi connectivity index (χ0n) is 19.8. The molecule has 176 valence electrons. The van der Waals surface area contributed by atoms with E-state index in [4.69, 9.17) is 16.3 Å². The largest absolute Gasteiger partial charge is 0.507 e. The number of ketones is 1. The lowest BCUT2D eigenvalue weighted by atomic mass is 9.95. The summed E-state index contributed by atoms with van der Waals surface area (Å²) in [6.45, 7) is 7.54. The van der Waals surface area contributed by atoms with Crippen molar-refractivity contribution in [1.29, 1.82) is 0 Å². The van der Waals surface area contributed by atoms with Gasteiger partial charge in [-0.25, -0.2) is 0 Å². The molecule has 1 aliphatic rings. The van der Waals surface area contributed by atoms with Crippen LogP contribution in [0.4, 0.5) is 0 Å². The van der Waals surface area contributed by atoms with Crippen molar-refractivity contribution in [3.63, 3.8) is 0 Å². The number of hydrogen-bond acceptors (Lipinski definition) is 5. The van der Waals surface area contributed by atoms with E-state index < -0.39 is 17.7 Å². The number of nitrogens with zero attached hydrogens (tertiary/aromatic N) is 2. The molecule has 1 amide bonds. The summed E-state index contributed by atoms with van der Waals surface area (Å²) in [4.78, 5) is 29.5. The molecule has 33 heavy (non-hydrogen) atoms. The van der Waals surface area contributed by atoms with Gasteiger partial charge in [-0.05, 0) is 68.4 Å². The fraction of sp³-hybridized carbons (Fsp3) is 0.385. The van der Waals surface area contributed by atoms with Gasteiger partial charge in [0, 0.05) is 23.7 Å². The van der Waals surface area contributed by atoms with Crippen LogP contribution in [0.3, 0.4) is 0 Å². The molecule has 0 spiro atoms. The Balaban J connectivity index is 2.06. The molecule has 6 nitrogen and oxygen atoms in total. The number of hydrogen-bond donors (Lipinski definition) is 1. The summed E-state index contributed by atoms with van der Waals surface area (Å²) in [5.41, 5.74) is 2.10. The molecule has 2 aromatic carbocycles. The highest BCUT2D eigenvalue weighted by Crippen LogP contribution is 2.40. The lowest BCUT2D eigenvalue weighted by Crippen LogP contribution is -2.35. The number of halogens is 1. The van der Waals surface area contributed by atoms with Gasteiger partial charge in [0.15, 0.2) is 0 Å². The number of ether oxygens (including phenoxy) is 1. The van der Waals surface area contributed by atoms with Crippen LogP contribution in [0.5, 0.6) is 5.75 Å². The molecule has 0 radical (unpaired) electrons. The molecule has 0 aliphatic carbocycles. The summed E-state index contributed by atoms with van der Waals surface area (Å²) in [5.74, 6) is -0.397. The van der Waals surface area contributed by atoms with Gasteiger partial charge in [0.25, 0.3) is 11.7 Å². The molecule has 0 bridgehead atoms. The highest BCUT2D eigenvalue weighted by Gasteiger charge is 2.45. The van der Waals surface area contributed by atoms with Crippen LogP contribution in [0.25, 0.3) is 5.76 Å². The number of carbonyl (C=O) groups excluding carboxylic acids is 2. The molecule has 0 aromatic heterocycles. The first-order chi connectivity index (χ1) is 15.6. The molecule has 1 heterocycles. The summed E-state index contributed by atoms with van der Waals surface area (Å²) in [6.07, 6.45) is 0. The summed E-state index contributed by atoms with van der Waals surface area (Å²) >= 11 is 6.06. The standard InChI is InChI=1S/C26H31ClN2O4/c1-16(2)15-33-21-11-8-19(14-17(21)3)24(30)22-23(18-6-9-20(27)10-7-18)29(13-12-28(4)5)26(32)25(22)31/h6-11,14,16,23,30H,12-13,15H2,1-5H3/t23-/m1/s1. The lowest BCUT2D eigenvalue weighted by molar-refractivity contribution is -0.140. The zero-order chi connectivity index (χ0) is 24.3. The molecular weight excluding hydrogens is 440 g/mol. The molecule has 0 saturated carbocycles. The zero-order valence-corrected chi connectivity index (χ0v) is 20.5. The molecule has 3 rings (SSSR count). The van der Waals surface area contributed by atoms with Crippen LogP contribution in [-0.4, -0.2) is 60.4 Å². The van der Waals surface area contributed by atoms with E-state index in [0.29, 0.717) is 41.8 Å². The third-order valence-electron chi connectivity index (χ3n) is 5.53. The van der Waals surface area contributed by atoms with Crippen LogP contribution in [0.1, 0.15) is 36.6 Å². The Morgan fingerprint density at radius 3 is 2.39 bits per heavy atom. The van der Waals surface area contributed by atoms with Gasteiger partial charge in [0.05, 0.1) is 18.2 Å². The van der Waals surface area contributed by atoms with Gasteiger partial charge >= 0.3 is 0 Å². The topological polar surface area (TPSA) is 70.1 Å². The number of amides is 1. The molecular formula is C26H31ClN2O4. The number of carbonyl (C=O) groups is 2. The quantitative estimate of drug-likeness (QED) is 0.345. The molecule has 1 aliphatic heterocycles. The highest BCUT2D eigenvalue weighted by atomic mass is 35.5. The third kappa shape index (κ3) is 5.57. The van der Waals surface area contributed by atoms with Gasteiger partial charge in [-0.15, -0.1) is 0 Å². The molecule has 1 N–H and O–H groups in total. The van der Waals surface area contributed by atoms with Crippen molar-refractivity contribution in [2.75, 3.05) is 33.8 Å². The van der Waals surface area contributed by atoms with E-state index in [2.05, 4.69) is 13.8 Å². The van der Waals surface area contributed by atoms with Crippen LogP contribution in [0.2, 0.25) is 5.02 Å². The second-order valence-corrected chi connectivity index (χ2v) is 9.47. The van der Waals surface area contributed by atoms with Gasteiger partial charge in [0.2, 0.25) is 0 Å². The second kappa shape index (κ2) is 10.4. The van der Waals surface area contributed by atoms with Crippen LogP contribution in [-0.2, 0) is 9.59 Å². The Morgan fingerprint density at radius 1 is 1.15 bits per heavy atom. The monoisotopic (exact) mass is 470 g/mol. The summed E-state index contributed by atoms with van der Waals surface area (Å²) in [6, 6.07) is 11.6. The number of likely N-dealkylation sites (N-methyl/N-ethyl adjacent to an activating group) is 1. The van der Waals surface area contributed by atoms with E-state index in [9.17, 15) is 14.7 Å². The maximum absolute atomic E-state index is 13.1. The Bertz CT molecular complexity index is 1060. The average Bonchev–Trinajstić information content (AvgIpc) is 3.01. The van der Waals surface area contributed by atoms with Gasteiger partial charge in [-0.2, -0.15) is 0 Å². The van der Waals surface area contributed by atoms with E-state index in [1.165, 1.54) is 4.90 Å². The molecule has 1 atom stereocenters. The minimum absolute atomic E-state index is 0.0799. The van der Waals surface area contributed by atoms with E-state index in [0.717, 1.165) is 11.3 Å². The van der Waals surface area contributed by atoms with Crippen molar-refractivity contribution in [2.45, 2.75) is 26.8 Å². The first-order valence-electron chi connectivity index (χ1n) is 11.0. The van der Waals surface area contributed by atoms with E-state index in [1.807, 2.05) is 25.9 Å². The molecule has 7 heteroatoms. The minimum atomic E-state index is -0.695. The van der Waals surface area contributed by atoms with Crippen LogP contribution in [0.15, 0.2) is 48.0 Å². The first kappa shape index (κ1) is 24.8. The van der Waals surface area contributed by atoms with Gasteiger partial charge in [0.1, 0.15) is 11.5 Å². The second-order valence-electron chi connectivity index (χ2n) is 9.03. The third-order valence-corrected chi connectivity index (χ3v) is 5.79. The fourth-order valence-electron chi connectivity index (χ4n) is 3.78. The predicted molar refractivity (Wildman–Crippen MR) is 131 cm³/mol. The number of aliphatic hydroxyl groups excluding tert-OH is 1. The Morgan fingerprint density at radius 2 is 1.82 bits per heavy atom. The minimum Gasteiger partial charge on any atom is -0.507 e. The van der Waals surface area contributed by atoms with Crippen molar-refractivity contribution in [2.24, 2.45) is 5.92 Å². The lowest BCUT2D eigenvalue weighted by Gasteiger charge is -2.26. The summed E-state index contributed by atoms with van der Waals surface area (Å²) in [7, 11) is 3.80. The number of likely N-dealkylation sites (tertiary alicyclic amines) is 1. The van der Waals surface area contributed by atoms with E-state index >= 15 is 0 Å². The number of aryl methyl sites for hydroxylation is 1. The summed E-state index contributed by atoms with van der Waals surface area (Å²) in [5, 5.41) is 11.8. The maximum atomic E-state index is 13.1. The van der Waals surface area contributed by atoms with Gasteiger partial charge in [-0.3, -0.25) is 9.59 Å². The van der Waals surface area contributed by atoms with Crippen molar-refractivity contribution < 1.29 is 19.4 Å². The number of Topliss-reactive ketones (excluding diaryl/α,β-unsaturated/α-hetero) is 1. The predicted octanol–water partition coefficient (Wildman–Crippen LogP) is 4.67. The normalized spacial score (nSPS) is 17.9. The van der Waals surface area contributed by atoms with E-state index in [-0.39, 0.29) is 11.3 Å². The molecule has 1 fully saturated rings. The Hall–Kier alpha value is -2.83. The smallest absolute Gasteiger partial charge is 0.295 e. The SMILES string of the molecule is Cc1cc(C(O)=C2C(=O)C(=O)N(CCN(C)C)[C@@H]2c2ccc(Cl)cc2)ccc1OCC(C)C. The van der Waals surface area contributed by atoms with E-state index in [1.54, 1.807) is 42.5 Å². The molecule has 1 saturated heterocycles. The van der Waals surface area contributed by atoms with Crippen molar-refractivity contribution in [1.82, 2.24) is 9.80 Å². The van der Waals surface area contributed by atoms with Crippen molar-refractivity contribution in [3.05, 3.63) is 69.8 Å². The molecule has 2 aromatic rings. The highest BCUT2D eigenvalue weighted by molar-refractivity contribution is 6.46.